The van der Waals surface area contributed by atoms with Crippen molar-refractivity contribution < 1.29 is 48.5 Å². The van der Waals surface area contributed by atoms with Gasteiger partial charge in [0, 0.05) is 49.6 Å². The summed E-state index contributed by atoms with van der Waals surface area (Å²) in [5.41, 5.74) is 0.829. The Hall–Kier alpha value is -4.37. The van der Waals surface area contributed by atoms with Crippen LogP contribution in [-0.4, -0.2) is 99.0 Å². The van der Waals surface area contributed by atoms with Gasteiger partial charge in [-0.05, 0) is 74.7 Å². The molecule has 1 aromatic carbocycles. The zero-order valence-corrected chi connectivity index (χ0v) is 37.1. The van der Waals surface area contributed by atoms with E-state index in [1.54, 1.807) is 19.1 Å². The number of ketones is 1. The number of hydrogen-bond acceptors (Lipinski definition) is 12. The number of thiazole rings is 1. The minimum atomic E-state index is -1.00. The van der Waals surface area contributed by atoms with E-state index < -0.39 is 53.8 Å². The summed E-state index contributed by atoms with van der Waals surface area (Å²) in [5, 5.41) is 24.1. The van der Waals surface area contributed by atoms with E-state index in [0.717, 1.165) is 42.7 Å². The van der Waals surface area contributed by atoms with Crippen LogP contribution in [-0.2, 0) is 39.9 Å². The summed E-state index contributed by atoms with van der Waals surface area (Å²) >= 11 is 1.11. The second-order valence-corrected chi connectivity index (χ2v) is 17.8. The zero-order valence-electron chi connectivity index (χ0n) is 36.3. The first-order valence-corrected chi connectivity index (χ1v) is 21.8. The SMILES string of the molecule is CC[C@H](C)C(CC(=O)C1CCCCN1C)C(=O)N(COC(=O)CC(C)C)[C@H](C[C@@H](OC(C)=O)c1nc(C(=O)N[C@@H](Cc2ccc(O)cc2)C[C@H](C)C(=O)O)cs1)C(C)C. The first kappa shape index (κ1) is 49.0. The highest BCUT2D eigenvalue weighted by Crippen LogP contribution is 2.34. The van der Waals surface area contributed by atoms with Gasteiger partial charge in [-0.25, -0.2) is 4.98 Å². The van der Waals surface area contributed by atoms with Crippen LogP contribution in [0.2, 0.25) is 0 Å². The number of Topliss-reactive ketones (excluding diaryl/α,β-unsaturated/α-hetero) is 1. The third-order valence-electron chi connectivity index (χ3n) is 11.2. The number of likely N-dealkylation sites (tertiary alicyclic amines) is 1. The van der Waals surface area contributed by atoms with Crippen molar-refractivity contribution in [2.24, 2.45) is 29.6 Å². The maximum Gasteiger partial charge on any atom is 0.307 e. The Morgan fingerprint density at radius 2 is 1.68 bits per heavy atom. The number of hydrogen-bond donors (Lipinski definition) is 3. The molecule has 59 heavy (non-hydrogen) atoms. The standard InChI is InChI=1S/C44H66N4O10S/c1-10-28(6)34(22-38(51)36-13-11-12-18-47(36)9)43(54)48(25-57-40(52)19-26(2)3)37(27(4)5)23-39(58-30(8)49)42-46-35(24-59-42)41(53)45-32(20-29(7)44(55)56)21-31-14-16-33(50)17-15-31/h14-17,24,26-29,32,34,36-37,39,50H,10-13,18-23,25H2,1-9H3,(H,45,53)(H,55,56)/t28-,29-,32+,34?,36?,37+,39+/m0/s1. The maximum atomic E-state index is 14.9. The molecule has 0 bridgehead atoms. The number of nitrogens with one attached hydrogen (secondary N) is 1. The molecular weight excluding hydrogens is 777 g/mol. The van der Waals surface area contributed by atoms with Gasteiger partial charge in [0.1, 0.15) is 16.5 Å². The van der Waals surface area contributed by atoms with Crippen molar-refractivity contribution in [1.29, 1.82) is 0 Å². The molecule has 1 fully saturated rings. The van der Waals surface area contributed by atoms with Crippen LogP contribution >= 0.6 is 11.3 Å². The Bertz CT molecular complexity index is 1710. The smallest absolute Gasteiger partial charge is 0.307 e. The van der Waals surface area contributed by atoms with Crippen LogP contribution in [0.4, 0.5) is 0 Å². The van der Waals surface area contributed by atoms with Crippen molar-refractivity contribution >= 4 is 46.8 Å². The van der Waals surface area contributed by atoms with Crippen LogP contribution in [0, 0.1) is 29.6 Å². The summed E-state index contributed by atoms with van der Waals surface area (Å²) in [7, 11) is 1.94. The molecule has 2 aromatic rings. The predicted octanol–water partition coefficient (Wildman–Crippen LogP) is 6.80. The highest BCUT2D eigenvalue weighted by atomic mass is 32.1. The third kappa shape index (κ3) is 15.3. The summed E-state index contributed by atoms with van der Waals surface area (Å²) in [4.78, 5) is 87.8. The Morgan fingerprint density at radius 1 is 1.00 bits per heavy atom. The summed E-state index contributed by atoms with van der Waals surface area (Å²) in [5.74, 6) is -4.66. The summed E-state index contributed by atoms with van der Waals surface area (Å²) in [6, 6.07) is 4.94. The van der Waals surface area contributed by atoms with Crippen molar-refractivity contribution in [3.05, 3.63) is 45.9 Å². The Morgan fingerprint density at radius 3 is 2.25 bits per heavy atom. The summed E-state index contributed by atoms with van der Waals surface area (Å²) < 4.78 is 11.6. The fourth-order valence-electron chi connectivity index (χ4n) is 7.54. The Labute approximate surface area is 353 Å². The molecule has 15 heteroatoms. The van der Waals surface area contributed by atoms with Gasteiger partial charge in [-0.15, -0.1) is 11.3 Å². The van der Waals surface area contributed by atoms with Gasteiger partial charge < -0.3 is 29.9 Å². The second-order valence-electron chi connectivity index (χ2n) is 16.9. The van der Waals surface area contributed by atoms with Crippen molar-refractivity contribution in [2.45, 2.75) is 137 Å². The van der Waals surface area contributed by atoms with E-state index in [-0.39, 0.29) is 79.3 Å². The number of esters is 2. The number of ether oxygens (including phenoxy) is 2. The largest absolute Gasteiger partial charge is 0.508 e. The number of phenolic OH excluding ortho intramolecular Hbond substituents is 1. The van der Waals surface area contributed by atoms with Gasteiger partial charge >= 0.3 is 17.9 Å². The molecule has 328 valence electrons. The fraction of sp³-hybridized carbons (Fsp3) is 0.659. The van der Waals surface area contributed by atoms with Gasteiger partial charge in [-0.2, -0.15) is 0 Å². The minimum Gasteiger partial charge on any atom is -0.508 e. The molecular formula is C44H66N4O10S. The number of aromatic nitrogens is 1. The first-order valence-electron chi connectivity index (χ1n) is 20.9. The van der Waals surface area contributed by atoms with E-state index >= 15 is 0 Å². The van der Waals surface area contributed by atoms with E-state index in [1.165, 1.54) is 29.3 Å². The normalized spacial score (nSPS) is 17.6. The lowest BCUT2D eigenvalue weighted by molar-refractivity contribution is -0.162. The number of aliphatic carboxylic acids is 1. The van der Waals surface area contributed by atoms with Crippen molar-refractivity contribution in [2.75, 3.05) is 20.3 Å². The average molecular weight is 843 g/mol. The molecule has 1 aliphatic heterocycles. The van der Waals surface area contributed by atoms with Crippen LogP contribution < -0.4 is 5.32 Å². The molecule has 0 aliphatic carbocycles. The molecule has 0 spiro atoms. The molecule has 2 amide bonds. The minimum absolute atomic E-state index is 0.0119. The van der Waals surface area contributed by atoms with Crippen LogP contribution in [0.1, 0.15) is 134 Å². The molecule has 1 aromatic heterocycles. The molecule has 2 unspecified atom stereocenters. The van der Waals surface area contributed by atoms with E-state index in [2.05, 4.69) is 15.2 Å². The van der Waals surface area contributed by atoms with Crippen molar-refractivity contribution in [1.82, 2.24) is 20.1 Å². The Balaban J connectivity index is 1.96. The van der Waals surface area contributed by atoms with E-state index in [4.69, 9.17) is 9.47 Å². The number of phenols is 1. The molecule has 0 saturated carbocycles. The van der Waals surface area contributed by atoms with Crippen LogP contribution in [0.5, 0.6) is 5.75 Å². The number of carbonyl (C=O) groups excluding carboxylic acids is 5. The molecule has 1 saturated heterocycles. The fourth-order valence-corrected chi connectivity index (χ4v) is 8.37. The van der Waals surface area contributed by atoms with Crippen LogP contribution in [0.3, 0.4) is 0 Å². The van der Waals surface area contributed by atoms with Gasteiger partial charge in [0.05, 0.1) is 12.0 Å². The predicted molar refractivity (Wildman–Crippen MR) is 224 cm³/mol. The molecule has 14 nitrogen and oxygen atoms in total. The molecule has 1 aliphatic rings. The second kappa shape index (κ2) is 23.4. The van der Waals surface area contributed by atoms with E-state index in [1.807, 2.05) is 48.6 Å². The van der Waals surface area contributed by atoms with Gasteiger partial charge in [-0.1, -0.05) is 73.4 Å². The van der Waals surface area contributed by atoms with Gasteiger partial charge in [0.25, 0.3) is 5.91 Å². The topological polar surface area (TPSA) is 193 Å². The van der Waals surface area contributed by atoms with Crippen molar-refractivity contribution in [3.63, 3.8) is 0 Å². The highest BCUT2D eigenvalue weighted by molar-refractivity contribution is 7.09. The molecule has 3 N–H and O–H groups in total. The van der Waals surface area contributed by atoms with Gasteiger partial charge in [0.15, 0.2) is 18.6 Å². The van der Waals surface area contributed by atoms with Crippen molar-refractivity contribution in [3.8, 4) is 5.75 Å². The molecule has 3 rings (SSSR count). The van der Waals surface area contributed by atoms with Crippen LogP contribution in [0.15, 0.2) is 29.6 Å². The number of piperidine rings is 1. The molecule has 7 atom stereocenters. The van der Waals surface area contributed by atoms with E-state index in [9.17, 15) is 39.0 Å². The highest BCUT2D eigenvalue weighted by Gasteiger charge is 2.39. The number of aromatic hydroxyl groups is 1. The first-order chi connectivity index (χ1) is 27.8. The number of benzene rings is 1. The number of rotatable bonds is 23. The Kier molecular flexibility index (Phi) is 19.5. The molecule has 0 radical (unpaired) electrons. The van der Waals surface area contributed by atoms with Crippen LogP contribution in [0.25, 0.3) is 0 Å². The number of amides is 2. The zero-order chi connectivity index (χ0) is 44.0. The molecule has 2 heterocycles. The number of likely N-dealkylation sites (N-methyl/N-ethyl adjacent to an activating group) is 1. The van der Waals surface area contributed by atoms with Gasteiger partial charge in [0.2, 0.25) is 5.91 Å². The third-order valence-corrected chi connectivity index (χ3v) is 12.1. The lowest BCUT2D eigenvalue weighted by Gasteiger charge is -2.39. The maximum absolute atomic E-state index is 14.9. The number of carbonyl (C=O) groups is 6. The summed E-state index contributed by atoms with van der Waals surface area (Å²) in [6.45, 7) is 14.8. The number of nitrogens with zero attached hydrogens (tertiary/aromatic N) is 3. The number of carboxylic acids is 1. The monoisotopic (exact) mass is 842 g/mol. The average Bonchev–Trinajstić information content (AvgIpc) is 3.67. The lowest BCUT2D eigenvalue weighted by Crippen LogP contribution is -2.50. The lowest BCUT2D eigenvalue weighted by atomic mass is 9.82. The number of carboxylic acid groups (broad SMARTS) is 1. The quantitative estimate of drug-likeness (QED) is 0.0784. The van der Waals surface area contributed by atoms with Gasteiger partial charge in [-0.3, -0.25) is 33.7 Å². The van der Waals surface area contributed by atoms with E-state index in [0.29, 0.717) is 17.8 Å². The summed E-state index contributed by atoms with van der Waals surface area (Å²) in [6.07, 6.45) is 3.04.